The number of amides is 2. The normalized spacial score (nSPS) is 18.2. The molecule has 6 nitrogen and oxygen atoms in total. The summed E-state index contributed by atoms with van der Waals surface area (Å²) in [6.45, 7) is 0.108. The topological polar surface area (TPSA) is 66.9 Å². The summed E-state index contributed by atoms with van der Waals surface area (Å²) in [6.07, 6.45) is 0. The fraction of sp³-hybridized carbons (Fsp3) is 0.357. The first-order valence-corrected chi connectivity index (χ1v) is 6.33. The maximum Gasteiger partial charge on any atom is 0.290 e. The monoisotopic (exact) mass is 294 g/mol. The van der Waals surface area contributed by atoms with Gasteiger partial charge in [0.05, 0.1) is 13.7 Å². The molecular formula is C14H15FN2O4. The first-order chi connectivity index (χ1) is 9.93. The summed E-state index contributed by atoms with van der Waals surface area (Å²) < 4.78 is 12.8. The van der Waals surface area contributed by atoms with Gasteiger partial charge in [0, 0.05) is 13.6 Å². The number of ketones is 1. The number of carbonyl (C=O) groups is 3. The molecule has 1 aromatic rings. The van der Waals surface area contributed by atoms with Crippen LogP contribution in [0.15, 0.2) is 24.3 Å². The fourth-order valence-corrected chi connectivity index (χ4v) is 2.13. The summed E-state index contributed by atoms with van der Waals surface area (Å²) in [5, 5.41) is 1.00. The minimum atomic E-state index is -1.05. The Morgan fingerprint density at radius 2 is 2.00 bits per heavy atom. The van der Waals surface area contributed by atoms with Crippen molar-refractivity contribution in [1.29, 1.82) is 0 Å². The van der Waals surface area contributed by atoms with Crippen LogP contribution in [0.25, 0.3) is 0 Å². The lowest BCUT2D eigenvalue weighted by Gasteiger charge is -2.22. The number of carbonyl (C=O) groups excluding carboxylic acids is 3. The third kappa shape index (κ3) is 3.08. The van der Waals surface area contributed by atoms with Crippen molar-refractivity contribution in [2.75, 3.05) is 20.7 Å². The van der Waals surface area contributed by atoms with Crippen molar-refractivity contribution < 1.29 is 23.6 Å². The van der Waals surface area contributed by atoms with Crippen LogP contribution in [0.1, 0.15) is 5.56 Å². The Labute approximate surface area is 121 Å². The second-order valence-electron chi connectivity index (χ2n) is 4.79. The largest absolute Gasteiger partial charge is 0.338 e. The van der Waals surface area contributed by atoms with Crippen molar-refractivity contribution in [1.82, 2.24) is 9.96 Å². The number of hydrogen-bond acceptors (Lipinski definition) is 4. The Hall–Kier alpha value is -2.28. The highest BCUT2D eigenvalue weighted by atomic mass is 19.1. The molecule has 0 aromatic heterocycles. The SMILES string of the molecule is CON(Cc1ccc(F)cc1)C(=O)C1CN(C)C(=O)C1=O. The molecule has 0 spiro atoms. The van der Waals surface area contributed by atoms with Gasteiger partial charge in [0.25, 0.3) is 11.8 Å². The van der Waals surface area contributed by atoms with Crippen molar-refractivity contribution in [3.8, 4) is 0 Å². The van der Waals surface area contributed by atoms with Crippen molar-refractivity contribution >= 4 is 17.6 Å². The zero-order valence-corrected chi connectivity index (χ0v) is 11.7. The van der Waals surface area contributed by atoms with Crippen LogP contribution >= 0.6 is 0 Å². The summed E-state index contributed by atoms with van der Waals surface area (Å²) in [5.74, 6) is -3.42. The molecule has 1 aliphatic heterocycles. The Kier molecular flexibility index (Phi) is 4.32. The number of likely N-dealkylation sites (tertiary alicyclic amines) is 1. The molecule has 7 heteroatoms. The smallest absolute Gasteiger partial charge is 0.290 e. The molecule has 1 saturated heterocycles. The fourth-order valence-electron chi connectivity index (χ4n) is 2.13. The summed E-state index contributed by atoms with van der Waals surface area (Å²) in [4.78, 5) is 41.6. The highest BCUT2D eigenvalue weighted by Gasteiger charge is 2.43. The molecule has 1 heterocycles. The number of rotatable bonds is 4. The van der Waals surface area contributed by atoms with E-state index in [9.17, 15) is 18.8 Å². The van der Waals surface area contributed by atoms with Crippen molar-refractivity contribution in [3.63, 3.8) is 0 Å². The van der Waals surface area contributed by atoms with Gasteiger partial charge in [0.2, 0.25) is 5.78 Å². The first-order valence-electron chi connectivity index (χ1n) is 6.33. The van der Waals surface area contributed by atoms with Crippen LogP contribution in [0, 0.1) is 11.7 Å². The summed E-state index contributed by atoms with van der Waals surface area (Å²) in [5.41, 5.74) is 0.650. The maximum atomic E-state index is 12.8. The lowest BCUT2D eigenvalue weighted by molar-refractivity contribution is -0.183. The van der Waals surface area contributed by atoms with Gasteiger partial charge in [-0.3, -0.25) is 19.2 Å². The number of likely N-dealkylation sites (N-methyl/N-ethyl adjacent to an activating group) is 1. The highest BCUT2D eigenvalue weighted by molar-refractivity contribution is 6.42. The van der Waals surface area contributed by atoms with E-state index in [0.717, 1.165) is 5.06 Å². The lowest BCUT2D eigenvalue weighted by Crippen LogP contribution is -2.38. The van der Waals surface area contributed by atoms with Crippen LogP contribution in [0.4, 0.5) is 4.39 Å². The number of benzene rings is 1. The zero-order chi connectivity index (χ0) is 15.6. The van der Waals surface area contributed by atoms with Gasteiger partial charge < -0.3 is 4.90 Å². The van der Waals surface area contributed by atoms with Gasteiger partial charge in [-0.2, -0.15) is 0 Å². The number of hydroxylamine groups is 2. The van der Waals surface area contributed by atoms with E-state index in [4.69, 9.17) is 4.84 Å². The molecule has 1 fully saturated rings. The molecule has 112 valence electrons. The van der Waals surface area contributed by atoms with Gasteiger partial charge in [-0.15, -0.1) is 0 Å². The molecule has 21 heavy (non-hydrogen) atoms. The molecule has 0 aliphatic carbocycles. The van der Waals surface area contributed by atoms with Gasteiger partial charge in [0.1, 0.15) is 11.7 Å². The summed E-state index contributed by atoms with van der Waals surface area (Å²) in [7, 11) is 2.76. The first kappa shape index (κ1) is 15.1. The second kappa shape index (κ2) is 6.01. The predicted molar refractivity (Wildman–Crippen MR) is 70.1 cm³/mol. The van der Waals surface area contributed by atoms with Crippen LogP contribution in [0.3, 0.4) is 0 Å². The summed E-state index contributed by atoms with van der Waals surface area (Å²) >= 11 is 0. The quantitative estimate of drug-likeness (QED) is 0.457. The standard InChI is InChI=1S/C14H15FN2O4/c1-16-8-11(12(18)14(16)20)13(19)17(21-2)7-9-3-5-10(15)6-4-9/h3-6,11H,7-8H2,1-2H3. The summed E-state index contributed by atoms with van der Waals surface area (Å²) in [6, 6.07) is 5.57. The average Bonchev–Trinajstić information content (AvgIpc) is 2.73. The predicted octanol–water partition coefficient (Wildman–Crippen LogP) is 0.373. The molecule has 1 atom stereocenters. The molecule has 0 saturated carbocycles. The van der Waals surface area contributed by atoms with Crippen LogP contribution in [-0.4, -0.2) is 48.3 Å². The Balaban J connectivity index is 2.10. The molecule has 1 unspecified atom stereocenters. The Morgan fingerprint density at radius 3 is 2.48 bits per heavy atom. The van der Waals surface area contributed by atoms with Gasteiger partial charge in [-0.1, -0.05) is 12.1 Å². The molecule has 0 N–H and O–H groups in total. The van der Waals surface area contributed by atoms with E-state index in [1.807, 2.05) is 0 Å². The molecule has 2 rings (SSSR count). The van der Waals surface area contributed by atoms with E-state index >= 15 is 0 Å². The van der Waals surface area contributed by atoms with Crippen molar-refractivity contribution in [3.05, 3.63) is 35.6 Å². The van der Waals surface area contributed by atoms with E-state index in [1.54, 1.807) is 0 Å². The third-order valence-electron chi connectivity index (χ3n) is 3.33. The molecule has 2 amide bonds. The van der Waals surface area contributed by atoms with Crippen LogP contribution in [0.2, 0.25) is 0 Å². The molecular weight excluding hydrogens is 279 g/mol. The van der Waals surface area contributed by atoms with Crippen molar-refractivity contribution in [2.24, 2.45) is 5.92 Å². The highest BCUT2D eigenvalue weighted by Crippen LogP contribution is 2.17. The minimum Gasteiger partial charge on any atom is -0.338 e. The number of nitrogens with zero attached hydrogens (tertiary/aromatic N) is 2. The zero-order valence-electron chi connectivity index (χ0n) is 11.7. The number of Topliss-reactive ketones (excluding diaryl/α,β-unsaturated/α-hetero) is 1. The van der Waals surface area contributed by atoms with E-state index < -0.39 is 23.5 Å². The molecule has 1 aliphatic rings. The van der Waals surface area contributed by atoms with Crippen molar-refractivity contribution in [2.45, 2.75) is 6.54 Å². The Morgan fingerprint density at radius 1 is 1.38 bits per heavy atom. The molecule has 1 aromatic carbocycles. The van der Waals surface area contributed by atoms with Gasteiger partial charge in [-0.25, -0.2) is 9.45 Å². The van der Waals surface area contributed by atoms with Crippen LogP contribution in [0.5, 0.6) is 0 Å². The lowest BCUT2D eigenvalue weighted by atomic mass is 10.1. The van der Waals surface area contributed by atoms with Gasteiger partial charge in [-0.05, 0) is 17.7 Å². The van der Waals surface area contributed by atoms with Crippen LogP contribution < -0.4 is 0 Å². The van der Waals surface area contributed by atoms with E-state index in [1.165, 1.54) is 43.3 Å². The Bertz CT molecular complexity index is 573. The molecule has 0 bridgehead atoms. The van der Waals surface area contributed by atoms with Crippen LogP contribution in [-0.2, 0) is 25.8 Å². The molecule has 0 radical (unpaired) electrons. The second-order valence-corrected chi connectivity index (χ2v) is 4.79. The maximum absolute atomic E-state index is 12.8. The number of halogens is 1. The van der Waals surface area contributed by atoms with E-state index in [0.29, 0.717) is 5.56 Å². The minimum absolute atomic E-state index is 0.0414. The average molecular weight is 294 g/mol. The van der Waals surface area contributed by atoms with E-state index in [2.05, 4.69) is 0 Å². The van der Waals surface area contributed by atoms with Gasteiger partial charge in [0.15, 0.2) is 0 Å². The third-order valence-corrected chi connectivity index (χ3v) is 3.33. The number of hydrogen-bond donors (Lipinski definition) is 0. The van der Waals surface area contributed by atoms with E-state index in [-0.39, 0.29) is 18.9 Å². The van der Waals surface area contributed by atoms with Gasteiger partial charge >= 0.3 is 0 Å².